The van der Waals surface area contributed by atoms with Crippen LogP contribution in [0.3, 0.4) is 0 Å². The summed E-state index contributed by atoms with van der Waals surface area (Å²) in [6.45, 7) is 5.41. The third kappa shape index (κ3) is 2.61. The van der Waals surface area contributed by atoms with Crippen LogP contribution in [0, 0.1) is 32.1 Å². The van der Waals surface area contributed by atoms with Crippen LogP contribution in [-0.4, -0.2) is 9.67 Å². The number of benzene rings is 1. The van der Waals surface area contributed by atoms with Gasteiger partial charge in [-0.3, -0.25) is 9.36 Å². The van der Waals surface area contributed by atoms with E-state index in [9.17, 15) is 9.90 Å². The van der Waals surface area contributed by atoms with Crippen LogP contribution < -0.4 is 5.56 Å². The molecule has 2 aromatic rings. The van der Waals surface area contributed by atoms with E-state index < -0.39 is 5.56 Å². The number of pyridine rings is 1. The van der Waals surface area contributed by atoms with Crippen LogP contribution in [0.1, 0.15) is 22.3 Å². The Morgan fingerprint density at radius 3 is 2.55 bits per heavy atom. The van der Waals surface area contributed by atoms with Crippen molar-refractivity contribution in [3.63, 3.8) is 0 Å². The van der Waals surface area contributed by atoms with E-state index >= 15 is 0 Å². The van der Waals surface area contributed by atoms with Gasteiger partial charge in [0.2, 0.25) is 5.88 Å². The minimum absolute atomic E-state index is 0.0250. The van der Waals surface area contributed by atoms with Gasteiger partial charge in [-0.2, -0.15) is 10.4 Å². The third-order valence-corrected chi connectivity index (χ3v) is 3.51. The average molecular weight is 296 g/mol. The van der Waals surface area contributed by atoms with E-state index in [-0.39, 0.29) is 17.1 Å². The van der Waals surface area contributed by atoms with Gasteiger partial charge < -0.3 is 5.11 Å². The fourth-order valence-corrected chi connectivity index (χ4v) is 2.05. The molecule has 0 aliphatic carbocycles. The highest BCUT2D eigenvalue weighted by Gasteiger charge is 2.16. The highest BCUT2D eigenvalue weighted by Crippen LogP contribution is 2.27. The monoisotopic (exact) mass is 296 g/mol. The summed E-state index contributed by atoms with van der Waals surface area (Å²) >= 11 is 0. The predicted octanol–water partition coefficient (Wildman–Crippen LogP) is 3.30. The second-order valence-corrected chi connectivity index (χ2v) is 5.14. The molecule has 1 aromatic carbocycles. The lowest BCUT2D eigenvalue weighted by molar-refractivity contribution is 0.421. The summed E-state index contributed by atoms with van der Waals surface area (Å²) in [6.07, 6.45) is 0. The summed E-state index contributed by atoms with van der Waals surface area (Å²) in [6, 6.07) is 7.63. The minimum atomic E-state index is -0.497. The first-order valence-electron chi connectivity index (χ1n) is 6.68. The standard InChI is InChI=1S/C16H16N4O2/c1-9-5-6-10(2)13(7-9)18-19-14-11(3)12(8-17)15(21)20(4)16(14)22/h5-7,21H,1-4H3. The number of nitrogens with zero attached hydrogens (tertiary/aromatic N) is 4. The Morgan fingerprint density at radius 1 is 1.23 bits per heavy atom. The highest BCUT2D eigenvalue weighted by atomic mass is 16.3. The smallest absolute Gasteiger partial charge is 0.281 e. The summed E-state index contributed by atoms with van der Waals surface area (Å²) in [5, 5.41) is 27.1. The van der Waals surface area contributed by atoms with Crippen molar-refractivity contribution in [1.29, 1.82) is 5.26 Å². The number of hydrogen-bond donors (Lipinski definition) is 1. The van der Waals surface area contributed by atoms with Crippen LogP contribution in [0.2, 0.25) is 0 Å². The number of rotatable bonds is 2. The maximum Gasteiger partial charge on any atom is 0.281 e. The lowest BCUT2D eigenvalue weighted by Gasteiger charge is -2.08. The maximum atomic E-state index is 12.2. The molecule has 0 amide bonds. The molecule has 0 atom stereocenters. The van der Waals surface area contributed by atoms with Crippen LogP contribution in [0.5, 0.6) is 5.88 Å². The van der Waals surface area contributed by atoms with Crippen molar-refractivity contribution in [3.05, 3.63) is 50.8 Å². The molecule has 0 aliphatic heterocycles. The molecule has 1 heterocycles. The van der Waals surface area contributed by atoms with Gasteiger partial charge in [-0.05, 0) is 38.0 Å². The molecule has 112 valence electrons. The summed E-state index contributed by atoms with van der Waals surface area (Å²) in [5.41, 5.74) is 2.53. The van der Waals surface area contributed by atoms with Crippen molar-refractivity contribution < 1.29 is 5.11 Å². The summed E-state index contributed by atoms with van der Waals surface area (Å²) in [7, 11) is 1.38. The topological polar surface area (TPSA) is 90.7 Å². The van der Waals surface area contributed by atoms with E-state index in [1.807, 2.05) is 38.1 Å². The number of hydrogen-bond acceptors (Lipinski definition) is 5. The summed E-state index contributed by atoms with van der Waals surface area (Å²) in [4.78, 5) is 12.2. The molecule has 6 heteroatoms. The second-order valence-electron chi connectivity index (χ2n) is 5.14. The average Bonchev–Trinajstić information content (AvgIpc) is 2.49. The van der Waals surface area contributed by atoms with E-state index in [4.69, 9.17) is 5.26 Å². The van der Waals surface area contributed by atoms with Crippen molar-refractivity contribution in [2.75, 3.05) is 0 Å². The molecule has 0 saturated heterocycles. The van der Waals surface area contributed by atoms with Crippen LogP contribution in [0.15, 0.2) is 33.2 Å². The van der Waals surface area contributed by atoms with Crippen molar-refractivity contribution in [2.24, 2.45) is 17.3 Å². The Kier molecular flexibility index (Phi) is 4.08. The number of aromatic nitrogens is 1. The van der Waals surface area contributed by atoms with Gasteiger partial charge in [-0.1, -0.05) is 12.1 Å². The quantitative estimate of drug-likeness (QED) is 0.862. The van der Waals surface area contributed by atoms with Crippen molar-refractivity contribution >= 4 is 11.4 Å². The molecule has 0 radical (unpaired) electrons. The van der Waals surface area contributed by atoms with E-state index in [1.54, 1.807) is 6.92 Å². The van der Waals surface area contributed by atoms with Crippen LogP contribution >= 0.6 is 0 Å². The van der Waals surface area contributed by atoms with Gasteiger partial charge in [0.15, 0.2) is 5.69 Å². The molecular weight excluding hydrogens is 280 g/mol. The van der Waals surface area contributed by atoms with Crippen molar-refractivity contribution in [1.82, 2.24) is 4.57 Å². The first kappa shape index (κ1) is 15.4. The largest absolute Gasteiger partial charge is 0.493 e. The third-order valence-electron chi connectivity index (χ3n) is 3.51. The molecule has 0 bridgehead atoms. The summed E-state index contributed by atoms with van der Waals surface area (Å²) in [5.74, 6) is -0.365. The van der Waals surface area contributed by atoms with E-state index in [2.05, 4.69) is 10.2 Å². The molecule has 0 spiro atoms. The van der Waals surface area contributed by atoms with Crippen molar-refractivity contribution in [2.45, 2.75) is 20.8 Å². The summed E-state index contributed by atoms with van der Waals surface area (Å²) < 4.78 is 0.989. The Hall–Kier alpha value is -2.94. The minimum Gasteiger partial charge on any atom is -0.493 e. The molecular formula is C16H16N4O2. The van der Waals surface area contributed by atoms with E-state index in [0.29, 0.717) is 11.3 Å². The predicted molar refractivity (Wildman–Crippen MR) is 82.9 cm³/mol. The van der Waals surface area contributed by atoms with Gasteiger partial charge in [0.1, 0.15) is 11.6 Å². The maximum absolute atomic E-state index is 12.2. The Bertz CT molecular complexity index is 873. The Labute approximate surface area is 128 Å². The Morgan fingerprint density at radius 2 is 1.91 bits per heavy atom. The molecule has 0 saturated carbocycles. The lowest BCUT2D eigenvalue weighted by Crippen LogP contribution is -2.18. The number of aryl methyl sites for hydroxylation is 2. The number of azo groups is 1. The zero-order valence-electron chi connectivity index (χ0n) is 12.9. The van der Waals surface area contributed by atoms with Gasteiger partial charge in [-0.25, -0.2) is 0 Å². The highest BCUT2D eigenvalue weighted by molar-refractivity contribution is 5.57. The first-order chi connectivity index (χ1) is 10.4. The van der Waals surface area contributed by atoms with E-state index in [0.717, 1.165) is 15.7 Å². The van der Waals surface area contributed by atoms with Crippen molar-refractivity contribution in [3.8, 4) is 11.9 Å². The molecule has 1 N–H and O–H groups in total. The normalized spacial score (nSPS) is 10.9. The first-order valence-corrected chi connectivity index (χ1v) is 6.68. The van der Waals surface area contributed by atoms with Gasteiger partial charge in [0.25, 0.3) is 5.56 Å². The molecule has 6 nitrogen and oxygen atoms in total. The molecule has 2 rings (SSSR count). The molecule has 1 aromatic heterocycles. The fraction of sp³-hybridized carbons (Fsp3) is 0.250. The Balaban J connectivity index is 2.62. The fourth-order valence-electron chi connectivity index (χ4n) is 2.05. The zero-order chi connectivity index (χ0) is 16.4. The SMILES string of the molecule is Cc1ccc(C)c(N=Nc2c(C)c(C#N)c(O)n(C)c2=O)c1. The molecule has 0 aliphatic rings. The van der Waals surface area contributed by atoms with Crippen LogP contribution in [0.4, 0.5) is 11.4 Å². The zero-order valence-corrected chi connectivity index (χ0v) is 12.9. The van der Waals surface area contributed by atoms with Gasteiger partial charge >= 0.3 is 0 Å². The number of aromatic hydroxyl groups is 1. The van der Waals surface area contributed by atoms with Gasteiger partial charge in [-0.15, -0.1) is 5.11 Å². The second kappa shape index (κ2) is 5.82. The lowest BCUT2D eigenvalue weighted by atomic mass is 10.1. The van der Waals surface area contributed by atoms with E-state index in [1.165, 1.54) is 7.05 Å². The van der Waals surface area contributed by atoms with Gasteiger partial charge in [0, 0.05) is 12.6 Å². The molecule has 0 unspecified atom stereocenters. The van der Waals surface area contributed by atoms with Gasteiger partial charge in [0.05, 0.1) is 5.69 Å². The molecule has 22 heavy (non-hydrogen) atoms. The molecule has 0 fully saturated rings. The van der Waals surface area contributed by atoms with Crippen LogP contribution in [0.25, 0.3) is 0 Å². The number of nitriles is 1. The van der Waals surface area contributed by atoms with Crippen LogP contribution in [-0.2, 0) is 7.05 Å².